The summed E-state index contributed by atoms with van der Waals surface area (Å²) in [4.78, 5) is 9.21. The van der Waals surface area contributed by atoms with Crippen molar-refractivity contribution < 1.29 is 4.74 Å². The monoisotopic (exact) mass is 276 g/mol. The van der Waals surface area contributed by atoms with E-state index in [0.717, 1.165) is 35.6 Å². The molecule has 2 heterocycles. The van der Waals surface area contributed by atoms with Gasteiger partial charge in [-0.25, -0.2) is 0 Å². The Labute approximate surface area is 124 Å². The van der Waals surface area contributed by atoms with Gasteiger partial charge in [0.2, 0.25) is 0 Å². The van der Waals surface area contributed by atoms with Crippen molar-refractivity contribution in [3.63, 3.8) is 0 Å². The molecule has 0 fully saturated rings. The lowest BCUT2D eigenvalue weighted by atomic mass is 10.1. The molecule has 0 unspecified atom stereocenters. The zero-order chi connectivity index (χ0) is 14.1. The zero-order valence-corrected chi connectivity index (χ0v) is 11.7. The Bertz CT molecular complexity index is 683. The third-order valence-corrected chi connectivity index (χ3v) is 3.87. The molecule has 2 aliphatic heterocycles. The number of aliphatic imine (C=N–C) groups is 2. The van der Waals surface area contributed by atoms with E-state index >= 15 is 0 Å². The Morgan fingerprint density at radius 2 is 1.19 bits per heavy atom. The maximum atomic E-state index is 5.80. The third kappa shape index (κ3) is 2.52. The summed E-state index contributed by atoms with van der Waals surface area (Å²) in [6.07, 6.45) is 1.81. The smallest absolute Gasteiger partial charge is 0.0857 e. The van der Waals surface area contributed by atoms with Gasteiger partial charge in [-0.1, -0.05) is 36.4 Å². The van der Waals surface area contributed by atoms with Gasteiger partial charge >= 0.3 is 0 Å². The Morgan fingerprint density at radius 3 is 1.67 bits per heavy atom. The van der Waals surface area contributed by atoms with Gasteiger partial charge < -0.3 is 4.74 Å². The highest BCUT2D eigenvalue weighted by Crippen LogP contribution is 2.27. The molecular formula is C18H16N2O. The molecule has 2 aromatic carbocycles. The van der Waals surface area contributed by atoms with E-state index in [1.54, 1.807) is 0 Å². The van der Waals surface area contributed by atoms with Crippen LogP contribution in [0.25, 0.3) is 0 Å². The van der Waals surface area contributed by atoms with Gasteiger partial charge in [0.1, 0.15) is 0 Å². The van der Waals surface area contributed by atoms with Crippen LogP contribution in [-0.4, -0.2) is 24.6 Å². The number of ether oxygens (including phenoxy) is 1. The lowest BCUT2D eigenvalue weighted by molar-refractivity contribution is 0.213. The molecule has 0 bridgehead atoms. The summed E-state index contributed by atoms with van der Waals surface area (Å²) in [7, 11) is 0. The quantitative estimate of drug-likeness (QED) is 0.839. The van der Waals surface area contributed by atoms with Gasteiger partial charge in [0.05, 0.1) is 24.6 Å². The second kappa shape index (κ2) is 5.26. The summed E-state index contributed by atoms with van der Waals surface area (Å²) in [5.41, 5.74) is 6.96. The van der Waals surface area contributed by atoms with Crippen molar-refractivity contribution in [3.05, 3.63) is 59.7 Å². The van der Waals surface area contributed by atoms with Gasteiger partial charge in [-0.05, 0) is 23.3 Å². The maximum Gasteiger partial charge on any atom is 0.0857 e. The Morgan fingerprint density at radius 1 is 0.714 bits per heavy atom. The Hall–Kier alpha value is -2.26. The van der Waals surface area contributed by atoms with Crippen molar-refractivity contribution >= 4 is 22.8 Å². The first-order valence-corrected chi connectivity index (χ1v) is 7.25. The van der Waals surface area contributed by atoms with Crippen molar-refractivity contribution in [2.75, 3.05) is 13.2 Å². The number of fused-ring (bicyclic) bond motifs is 2. The average molecular weight is 276 g/mol. The molecule has 0 radical (unpaired) electrons. The minimum atomic E-state index is 0.587. The number of benzene rings is 2. The van der Waals surface area contributed by atoms with Crippen LogP contribution in [0, 0.1) is 0 Å². The van der Waals surface area contributed by atoms with E-state index in [-0.39, 0.29) is 0 Å². The molecule has 0 aromatic heterocycles. The van der Waals surface area contributed by atoms with Crippen molar-refractivity contribution in [2.24, 2.45) is 9.98 Å². The highest BCUT2D eigenvalue weighted by Gasteiger charge is 2.16. The molecule has 4 rings (SSSR count). The fraction of sp³-hybridized carbons (Fsp3) is 0.222. The molecule has 3 nitrogen and oxygen atoms in total. The van der Waals surface area contributed by atoms with E-state index in [4.69, 9.17) is 4.74 Å². The number of para-hydroxylation sites is 2. The highest BCUT2D eigenvalue weighted by atomic mass is 16.5. The summed E-state index contributed by atoms with van der Waals surface area (Å²) in [5, 5.41) is 0. The summed E-state index contributed by atoms with van der Waals surface area (Å²) < 4.78 is 5.80. The van der Waals surface area contributed by atoms with Crippen LogP contribution in [0.15, 0.2) is 58.5 Å². The summed E-state index contributed by atoms with van der Waals surface area (Å²) in [6.45, 7) is 1.17. The second-order valence-corrected chi connectivity index (χ2v) is 5.46. The first-order chi connectivity index (χ1) is 10.4. The summed E-state index contributed by atoms with van der Waals surface area (Å²) in [5.74, 6) is 0. The van der Waals surface area contributed by atoms with E-state index in [1.165, 1.54) is 11.1 Å². The fourth-order valence-electron chi connectivity index (χ4n) is 2.85. The molecule has 2 aliphatic rings. The molecule has 0 atom stereocenters. The number of rotatable bonds is 4. The van der Waals surface area contributed by atoms with E-state index in [1.807, 2.05) is 12.1 Å². The van der Waals surface area contributed by atoms with Crippen LogP contribution in [0.2, 0.25) is 0 Å². The van der Waals surface area contributed by atoms with Crippen LogP contribution in [0.4, 0.5) is 11.4 Å². The van der Waals surface area contributed by atoms with Crippen LogP contribution in [-0.2, 0) is 17.6 Å². The largest absolute Gasteiger partial charge is 0.370 e. The molecule has 0 saturated carbocycles. The second-order valence-electron chi connectivity index (χ2n) is 5.46. The van der Waals surface area contributed by atoms with Gasteiger partial charge in [0.15, 0.2) is 0 Å². The molecule has 104 valence electrons. The highest BCUT2D eigenvalue weighted by molar-refractivity contribution is 5.96. The molecule has 2 aromatic rings. The zero-order valence-electron chi connectivity index (χ0n) is 11.7. The normalized spacial score (nSPS) is 15.4. The maximum absolute atomic E-state index is 5.80. The van der Waals surface area contributed by atoms with E-state index in [0.29, 0.717) is 13.2 Å². The third-order valence-electron chi connectivity index (χ3n) is 3.87. The fourth-order valence-corrected chi connectivity index (χ4v) is 2.85. The van der Waals surface area contributed by atoms with Crippen molar-refractivity contribution in [3.8, 4) is 0 Å². The topological polar surface area (TPSA) is 34.0 Å². The van der Waals surface area contributed by atoms with Crippen LogP contribution in [0.5, 0.6) is 0 Å². The first kappa shape index (κ1) is 12.5. The van der Waals surface area contributed by atoms with Gasteiger partial charge in [-0.3, -0.25) is 9.98 Å². The molecular weight excluding hydrogens is 260 g/mol. The molecule has 0 N–H and O–H groups in total. The predicted octanol–water partition coefficient (Wildman–Crippen LogP) is 3.66. The molecule has 0 saturated heterocycles. The standard InChI is InChI=1S/C18H16N2O/c1-3-7-17-13(5-1)9-15(19-17)11-21-12-16-10-14-6-2-4-8-18(14)20-16/h1-8H,9-12H2. The number of hydrogen-bond donors (Lipinski definition) is 0. The minimum Gasteiger partial charge on any atom is -0.370 e. The van der Waals surface area contributed by atoms with E-state index in [9.17, 15) is 0 Å². The van der Waals surface area contributed by atoms with Gasteiger partial charge in [-0.15, -0.1) is 0 Å². The SMILES string of the molecule is c1ccc2c(c1)CC(COCC1=Nc3ccccc3C1)=N2. The van der Waals surface area contributed by atoms with Gasteiger partial charge in [0, 0.05) is 24.3 Å². The number of nitrogens with zero attached hydrogens (tertiary/aromatic N) is 2. The molecule has 0 spiro atoms. The molecule has 0 aliphatic carbocycles. The Kier molecular flexibility index (Phi) is 3.13. The van der Waals surface area contributed by atoms with Crippen molar-refractivity contribution in [2.45, 2.75) is 12.8 Å². The van der Waals surface area contributed by atoms with E-state index in [2.05, 4.69) is 46.4 Å². The van der Waals surface area contributed by atoms with Crippen LogP contribution in [0.3, 0.4) is 0 Å². The molecule has 21 heavy (non-hydrogen) atoms. The predicted molar refractivity (Wildman–Crippen MR) is 85.3 cm³/mol. The lowest BCUT2D eigenvalue weighted by Crippen LogP contribution is -2.15. The molecule has 3 heteroatoms. The van der Waals surface area contributed by atoms with Crippen LogP contribution >= 0.6 is 0 Å². The summed E-state index contributed by atoms with van der Waals surface area (Å²) >= 11 is 0. The van der Waals surface area contributed by atoms with E-state index < -0.39 is 0 Å². The first-order valence-electron chi connectivity index (χ1n) is 7.25. The van der Waals surface area contributed by atoms with Gasteiger partial charge in [0.25, 0.3) is 0 Å². The lowest BCUT2D eigenvalue weighted by Gasteiger charge is -2.03. The van der Waals surface area contributed by atoms with Crippen LogP contribution < -0.4 is 0 Å². The minimum absolute atomic E-state index is 0.587. The number of hydrogen-bond acceptors (Lipinski definition) is 3. The average Bonchev–Trinajstić information content (AvgIpc) is 3.09. The Balaban J connectivity index is 1.33. The van der Waals surface area contributed by atoms with Crippen molar-refractivity contribution in [1.82, 2.24) is 0 Å². The van der Waals surface area contributed by atoms with Crippen molar-refractivity contribution in [1.29, 1.82) is 0 Å². The van der Waals surface area contributed by atoms with Gasteiger partial charge in [-0.2, -0.15) is 0 Å². The summed E-state index contributed by atoms with van der Waals surface area (Å²) in [6, 6.07) is 16.5. The molecule has 0 amide bonds. The van der Waals surface area contributed by atoms with Crippen LogP contribution in [0.1, 0.15) is 11.1 Å².